The highest BCUT2D eigenvalue weighted by Crippen LogP contribution is 2.69. The third-order valence-corrected chi connectivity index (χ3v) is 11.8. The van der Waals surface area contributed by atoms with E-state index in [-0.39, 0.29) is 47.3 Å². The first kappa shape index (κ1) is 28.3. The van der Waals surface area contributed by atoms with Gasteiger partial charge in [-0.1, -0.05) is 71.4 Å². The molecule has 1 aliphatic heterocycles. The van der Waals surface area contributed by atoms with Crippen LogP contribution in [0.3, 0.4) is 0 Å². The third-order valence-electron chi connectivity index (χ3n) is 11.8. The van der Waals surface area contributed by atoms with Crippen LogP contribution in [-0.2, 0) is 28.6 Å². The van der Waals surface area contributed by atoms with Gasteiger partial charge in [0.05, 0.1) is 18.1 Å². The molecule has 1 saturated heterocycles. The molecule has 0 spiro atoms. The monoisotopic (exact) mass is 554 g/mol. The molecule has 0 aromatic carbocycles. The van der Waals surface area contributed by atoms with Crippen LogP contribution in [0.25, 0.3) is 0 Å². The molecule has 40 heavy (non-hydrogen) atoms. The van der Waals surface area contributed by atoms with E-state index in [4.69, 9.17) is 14.2 Å². The van der Waals surface area contributed by atoms with E-state index in [0.717, 1.165) is 37.7 Å². The molecule has 0 amide bonds. The van der Waals surface area contributed by atoms with Crippen molar-refractivity contribution < 1.29 is 33.7 Å². The van der Waals surface area contributed by atoms with E-state index >= 15 is 0 Å². The molecule has 9 atom stereocenters. The number of esters is 1. The maximum atomic E-state index is 14.2. The number of ether oxygens (including phenoxy) is 3. The maximum absolute atomic E-state index is 14.2. The standard InChI is InChI=1S/C33H46O7/c1-19(2)30(37)38-18-26(36)33-27(39-28(40-33)14-20-8-6-5-7-9-20)16-24-23-11-10-21-15-22(34)12-13-31(21,3)29(23)25(35)17-32(24,33)4/h12-13,15,19-20,23-25,27-29,35H,5-11,14,16-18H2,1-4H3/t23-,24-,25-,27+,28+,29+,31-,32-,33+/m0/s1. The van der Waals surface area contributed by atoms with Crippen molar-refractivity contribution in [3.8, 4) is 0 Å². The lowest BCUT2D eigenvalue weighted by atomic mass is 9.46. The second-order valence-corrected chi connectivity index (χ2v) is 14.3. The van der Waals surface area contributed by atoms with Crippen molar-refractivity contribution in [3.05, 3.63) is 23.8 Å². The van der Waals surface area contributed by atoms with Crippen LogP contribution in [0.2, 0.25) is 0 Å². The maximum Gasteiger partial charge on any atom is 0.308 e. The predicted molar refractivity (Wildman–Crippen MR) is 148 cm³/mol. The van der Waals surface area contributed by atoms with Crippen molar-refractivity contribution in [3.63, 3.8) is 0 Å². The Kier molecular flexibility index (Phi) is 7.19. The van der Waals surface area contributed by atoms with Crippen molar-refractivity contribution in [2.75, 3.05) is 6.61 Å². The van der Waals surface area contributed by atoms with Crippen molar-refractivity contribution >= 4 is 17.5 Å². The fourth-order valence-corrected chi connectivity index (χ4v) is 9.85. The summed E-state index contributed by atoms with van der Waals surface area (Å²) in [5.74, 6) is -0.203. The number of aliphatic hydroxyl groups excluding tert-OH is 1. The first-order valence-electron chi connectivity index (χ1n) is 15.6. The Labute approximate surface area is 238 Å². The number of hydrogen-bond acceptors (Lipinski definition) is 7. The van der Waals surface area contributed by atoms with Gasteiger partial charge in [-0.05, 0) is 55.6 Å². The van der Waals surface area contributed by atoms with Crippen LogP contribution in [0.15, 0.2) is 23.8 Å². The molecule has 0 radical (unpaired) electrons. The summed E-state index contributed by atoms with van der Waals surface area (Å²) in [6.07, 6.45) is 13.4. The second-order valence-electron chi connectivity index (χ2n) is 14.3. The molecule has 1 heterocycles. The summed E-state index contributed by atoms with van der Waals surface area (Å²) in [5, 5.41) is 11.9. The van der Waals surface area contributed by atoms with Gasteiger partial charge in [-0.15, -0.1) is 0 Å². The van der Waals surface area contributed by atoms with Gasteiger partial charge in [0.1, 0.15) is 0 Å². The van der Waals surface area contributed by atoms with Crippen molar-refractivity contribution in [1.82, 2.24) is 0 Å². The molecule has 0 bridgehead atoms. The largest absolute Gasteiger partial charge is 0.457 e. The minimum absolute atomic E-state index is 0.0164. The second kappa shape index (κ2) is 10.2. The lowest BCUT2D eigenvalue weighted by molar-refractivity contribution is -0.203. The van der Waals surface area contributed by atoms with E-state index in [1.165, 1.54) is 19.3 Å². The van der Waals surface area contributed by atoms with Gasteiger partial charge in [0, 0.05) is 23.2 Å². The Morgan fingerprint density at radius 3 is 2.62 bits per heavy atom. The molecule has 6 aliphatic rings. The summed E-state index contributed by atoms with van der Waals surface area (Å²) in [6.45, 7) is 7.44. The normalized spacial score (nSPS) is 44.5. The van der Waals surface area contributed by atoms with E-state index in [2.05, 4.69) is 13.8 Å². The number of fused-ring (bicyclic) bond motifs is 7. The lowest BCUT2D eigenvalue weighted by Crippen LogP contribution is -2.63. The highest BCUT2D eigenvalue weighted by molar-refractivity contribution is 6.01. The van der Waals surface area contributed by atoms with Crippen molar-refractivity contribution in [2.24, 2.45) is 40.4 Å². The predicted octanol–water partition coefficient (Wildman–Crippen LogP) is 5.09. The van der Waals surface area contributed by atoms with Crippen molar-refractivity contribution in [1.29, 1.82) is 0 Å². The summed E-state index contributed by atoms with van der Waals surface area (Å²) in [4.78, 5) is 38.8. The van der Waals surface area contributed by atoms with Gasteiger partial charge >= 0.3 is 5.97 Å². The summed E-state index contributed by atoms with van der Waals surface area (Å²) in [6, 6.07) is 0. The Morgan fingerprint density at radius 2 is 1.90 bits per heavy atom. The molecular weight excluding hydrogens is 508 g/mol. The van der Waals surface area contributed by atoms with E-state index in [1.54, 1.807) is 26.0 Å². The topological polar surface area (TPSA) is 99.1 Å². The quantitative estimate of drug-likeness (QED) is 0.457. The number of rotatable bonds is 6. The Hall–Kier alpha value is -1.83. The van der Waals surface area contributed by atoms with Crippen LogP contribution in [0.5, 0.6) is 0 Å². The number of carbonyl (C=O) groups is 3. The van der Waals surface area contributed by atoms with Crippen LogP contribution in [0, 0.1) is 40.4 Å². The molecule has 0 aromatic heterocycles. The minimum Gasteiger partial charge on any atom is -0.457 e. The molecule has 5 aliphatic carbocycles. The first-order chi connectivity index (χ1) is 19.0. The third kappa shape index (κ3) is 4.20. The summed E-state index contributed by atoms with van der Waals surface area (Å²) >= 11 is 0. The fraction of sp³-hybridized carbons (Fsp3) is 0.788. The molecule has 0 aromatic rings. The first-order valence-corrected chi connectivity index (χ1v) is 15.6. The molecule has 1 N–H and O–H groups in total. The Bertz CT molecular complexity index is 1120. The molecule has 7 heteroatoms. The van der Waals surface area contributed by atoms with Crippen molar-refractivity contribution in [2.45, 2.75) is 116 Å². The molecule has 6 rings (SSSR count). The van der Waals surface area contributed by atoms with E-state index in [0.29, 0.717) is 18.8 Å². The van der Waals surface area contributed by atoms with Gasteiger partial charge in [-0.3, -0.25) is 14.4 Å². The van der Waals surface area contributed by atoms with Crippen LogP contribution in [-0.4, -0.2) is 53.3 Å². The number of hydrogen-bond donors (Lipinski definition) is 1. The molecule has 5 fully saturated rings. The van der Waals surface area contributed by atoms with Gasteiger partial charge in [0.15, 0.2) is 24.3 Å². The van der Waals surface area contributed by atoms with Crippen LogP contribution >= 0.6 is 0 Å². The lowest BCUT2D eigenvalue weighted by Gasteiger charge is -2.59. The van der Waals surface area contributed by atoms with Gasteiger partial charge in [0.2, 0.25) is 5.78 Å². The Morgan fingerprint density at radius 1 is 1.15 bits per heavy atom. The number of aliphatic hydroxyl groups is 1. The molecule has 0 unspecified atom stereocenters. The van der Waals surface area contributed by atoms with Crippen LogP contribution in [0.1, 0.15) is 91.9 Å². The van der Waals surface area contributed by atoms with Gasteiger partial charge < -0.3 is 19.3 Å². The highest BCUT2D eigenvalue weighted by atomic mass is 16.7. The molecular formula is C33H46O7. The number of allylic oxidation sites excluding steroid dienone is 4. The Balaban J connectivity index is 1.32. The van der Waals surface area contributed by atoms with E-state index in [9.17, 15) is 19.5 Å². The average molecular weight is 555 g/mol. The molecule has 7 nitrogen and oxygen atoms in total. The fourth-order valence-electron chi connectivity index (χ4n) is 9.85. The van der Waals surface area contributed by atoms with Crippen LogP contribution in [0.4, 0.5) is 0 Å². The number of ketones is 2. The van der Waals surface area contributed by atoms with E-state index in [1.807, 2.05) is 6.08 Å². The smallest absolute Gasteiger partial charge is 0.308 e. The zero-order valence-corrected chi connectivity index (χ0v) is 24.5. The SMILES string of the molecule is CC(C)C(=O)OCC(=O)[C@@]12O[C@H](CC3CCCCC3)O[C@@H]1C[C@H]1[C@@H]3CCC4=CC(=O)C=C[C@]4(C)[C@H]3[C@@H](O)C[C@@]12C. The van der Waals surface area contributed by atoms with Gasteiger partial charge in [-0.25, -0.2) is 0 Å². The number of carbonyl (C=O) groups excluding carboxylic acids is 3. The van der Waals surface area contributed by atoms with Gasteiger partial charge in [-0.2, -0.15) is 0 Å². The van der Waals surface area contributed by atoms with Gasteiger partial charge in [0.25, 0.3) is 0 Å². The highest BCUT2D eigenvalue weighted by Gasteiger charge is 2.76. The van der Waals surface area contributed by atoms with Crippen LogP contribution < -0.4 is 0 Å². The summed E-state index contributed by atoms with van der Waals surface area (Å²) < 4.78 is 19.0. The van der Waals surface area contributed by atoms with E-state index < -0.39 is 35.5 Å². The zero-order chi connectivity index (χ0) is 28.4. The zero-order valence-electron chi connectivity index (χ0n) is 24.5. The minimum atomic E-state index is -1.25. The summed E-state index contributed by atoms with van der Waals surface area (Å²) in [7, 11) is 0. The molecule has 4 saturated carbocycles. The number of Topliss-reactive ketones (excluding diaryl/α,β-unsaturated/α-hetero) is 1. The molecule has 220 valence electrons. The average Bonchev–Trinajstić information content (AvgIpc) is 3.39. The summed E-state index contributed by atoms with van der Waals surface area (Å²) in [5.41, 5.74) is -1.19.